The van der Waals surface area contributed by atoms with E-state index in [1.807, 2.05) is 12.1 Å². The average molecular weight is 342 g/mol. The number of benzene rings is 1. The molecule has 124 valence electrons. The van der Waals surface area contributed by atoms with Gasteiger partial charge in [-0.3, -0.25) is 4.79 Å². The van der Waals surface area contributed by atoms with Crippen LogP contribution in [0.3, 0.4) is 0 Å². The molecule has 0 fully saturated rings. The minimum atomic E-state index is -0.289. The van der Waals surface area contributed by atoms with Crippen molar-refractivity contribution >= 4 is 23.5 Å². The SMILES string of the molecule is CCSc1nc2n(n1)[C@@H](c1ccc(O)cc1)C1=C(CCCC1=O)N2. The Labute approximate surface area is 144 Å². The third kappa shape index (κ3) is 2.49. The van der Waals surface area contributed by atoms with Crippen LogP contribution in [-0.2, 0) is 4.79 Å². The highest BCUT2D eigenvalue weighted by Gasteiger charge is 2.36. The van der Waals surface area contributed by atoms with Crippen molar-refractivity contribution in [2.75, 3.05) is 11.1 Å². The number of hydrogen-bond acceptors (Lipinski definition) is 6. The molecule has 0 bridgehead atoms. The summed E-state index contributed by atoms with van der Waals surface area (Å²) in [6.07, 6.45) is 2.27. The molecule has 0 radical (unpaired) electrons. The molecule has 1 aliphatic heterocycles. The number of nitrogens with zero attached hydrogens (tertiary/aromatic N) is 3. The van der Waals surface area contributed by atoms with Gasteiger partial charge >= 0.3 is 0 Å². The third-order valence-corrected chi connectivity index (χ3v) is 5.05. The summed E-state index contributed by atoms with van der Waals surface area (Å²) in [7, 11) is 0. The van der Waals surface area contributed by atoms with E-state index in [0.717, 1.165) is 35.4 Å². The molecule has 1 atom stereocenters. The van der Waals surface area contributed by atoms with Crippen molar-refractivity contribution in [3.05, 3.63) is 41.1 Å². The van der Waals surface area contributed by atoms with Crippen LogP contribution in [0.1, 0.15) is 37.8 Å². The second kappa shape index (κ2) is 5.98. The van der Waals surface area contributed by atoms with Crippen molar-refractivity contribution < 1.29 is 9.90 Å². The number of fused-ring (bicyclic) bond motifs is 1. The van der Waals surface area contributed by atoms with Gasteiger partial charge in [0, 0.05) is 17.7 Å². The van der Waals surface area contributed by atoms with Gasteiger partial charge in [-0.05, 0) is 36.3 Å². The highest BCUT2D eigenvalue weighted by Crippen LogP contribution is 2.40. The first-order valence-corrected chi connectivity index (χ1v) is 9.07. The Morgan fingerprint density at radius 3 is 2.88 bits per heavy atom. The van der Waals surface area contributed by atoms with Crippen molar-refractivity contribution in [2.45, 2.75) is 37.4 Å². The first kappa shape index (κ1) is 15.3. The second-order valence-corrected chi connectivity index (χ2v) is 7.11. The zero-order valence-electron chi connectivity index (χ0n) is 13.3. The van der Waals surface area contributed by atoms with Crippen molar-refractivity contribution in [3.63, 3.8) is 0 Å². The zero-order valence-corrected chi connectivity index (χ0v) is 14.1. The molecule has 1 aromatic carbocycles. The molecule has 0 saturated carbocycles. The summed E-state index contributed by atoms with van der Waals surface area (Å²) in [4.78, 5) is 17.2. The Balaban J connectivity index is 1.87. The van der Waals surface area contributed by atoms with Crippen LogP contribution in [-0.4, -0.2) is 31.4 Å². The number of Topliss-reactive ketones (excluding diaryl/α,β-unsaturated/α-hetero) is 1. The van der Waals surface area contributed by atoms with E-state index in [9.17, 15) is 9.90 Å². The lowest BCUT2D eigenvalue weighted by molar-refractivity contribution is -0.116. The van der Waals surface area contributed by atoms with E-state index in [1.165, 1.54) is 0 Å². The van der Waals surface area contributed by atoms with E-state index in [0.29, 0.717) is 17.5 Å². The van der Waals surface area contributed by atoms with E-state index in [-0.39, 0.29) is 17.6 Å². The summed E-state index contributed by atoms with van der Waals surface area (Å²) in [5.74, 6) is 1.93. The Hall–Kier alpha value is -2.28. The predicted octanol–water partition coefficient (Wildman–Crippen LogP) is 3.12. The van der Waals surface area contributed by atoms with E-state index in [2.05, 4.69) is 22.3 Å². The van der Waals surface area contributed by atoms with Crippen LogP contribution >= 0.6 is 11.8 Å². The van der Waals surface area contributed by atoms with Crippen LogP contribution in [0.4, 0.5) is 5.95 Å². The molecule has 1 aromatic heterocycles. The number of thioether (sulfide) groups is 1. The van der Waals surface area contributed by atoms with Gasteiger partial charge in [0.25, 0.3) is 0 Å². The van der Waals surface area contributed by atoms with Crippen molar-refractivity contribution in [3.8, 4) is 5.75 Å². The number of aromatic hydroxyl groups is 1. The molecule has 2 aliphatic rings. The summed E-state index contributed by atoms with van der Waals surface area (Å²) in [5.41, 5.74) is 2.66. The predicted molar refractivity (Wildman–Crippen MR) is 92.2 cm³/mol. The maximum absolute atomic E-state index is 12.6. The zero-order chi connectivity index (χ0) is 16.7. The summed E-state index contributed by atoms with van der Waals surface area (Å²) in [6.45, 7) is 2.06. The minimum Gasteiger partial charge on any atom is -0.508 e. The molecular formula is C17H18N4O2S. The molecule has 24 heavy (non-hydrogen) atoms. The van der Waals surface area contributed by atoms with E-state index < -0.39 is 0 Å². The molecule has 2 heterocycles. The summed E-state index contributed by atoms with van der Waals surface area (Å²) in [6, 6.07) is 6.68. The number of phenolic OH excluding ortho intramolecular Hbond substituents is 1. The average Bonchev–Trinajstić information content (AvgIpc) is 2.96. The molecule has 0 unspecified atom stereocenters. The number of hydrogen-bond donors (Lipinski definition) is 2. The second-order valence-electron chi connectivity index (χ2n) is 5.88. The molecular weight excluding hydrogens is 324 g/mol. The lowest BCUT2D eigenvalue weighted by Crippen LogP contribution is -2.31. The first-order chi connectivity index (χ1) is 11.7. The Morgan fingerprint density at radius 1 is 1.33 bits per heavy atom. The fourth-order valence-corrected chi connectivity index (χ4v) is 3.85. The number of ketones is 1. The first-order valence-electron chi connectivity index (χ1n) is 8.09. The molecule has 4 rings (SSSR count). The van der Waals surface area contributed by atoms with Crippen molar-refractivity contribution in [1.29, 1.82) is 0 Å². The van der Waals surface area contributed by atoms with Gasteiger partial charge in [0.1, 0.15) is 11.8 Å². The monoisotopic (exact) mass is 342 g/mol. The molecule has 0 spiro atoms. The summed E-state index contributed by atoms with van der Waals surface area (Å²) >= 11 is 1.58. The molecule has 0 saturated heterocycles. The van der Waals surface area contributed by atoms with E-state index in [4.69, 9.17) is 0 Å². The molecule has 2 N–H and O–H groups in total. The lowest BCUT2D eigenvalue weighted by atomic mass is 9.85. The van der Waals surface area contributed by atoms with Crippen LogP contribution in [0.15, 0.2) is 40.7 Å². The number of rotatable bonds is 3. The van der Waals surface area contributed by atoms with Crippen LogP contribution < -0.4 is 5.32 Å². The maximum atomic E-state index is 12.6. The van der Waals surface area contributed by atoms with Gasteiger partial charge in [0.2, 0.25) is 11.1 Å². The molecule has 0 amide bonds. The number of nitrogens with one attached hydrogen (secondary N) is 1. The largest absolute Gasteiger partial charge is 0.508 e. The number of carbonyl (C=O) groups excluding carboxylic acids is 1. The van der Waals surface area contributed by atoms with Gasteiger partial charge in [-0.1, -0.05) is 30.8 Å². The molecule has 6 nitrogen and oxygen atoms in total. The topological polar surface area (TPSA) is 80.0 Å². The standard InChI is InChI=1S/C17H18N4O2S/c1-2-24-17-19-16-18-12-4-3-5-13(23)14(12)15(21(16)20-17)10-6-8-11(22)9-7-10/h6-9,15,22H,2-5H2,1H3,(H,18,19,20)/t15-/m0/s1. The van der Waals surface area contributed by atoms with Crippen LogP contribution in [0.25, 0.3) is 0 Å². The minimum absolute atomic E-state index is 0.160. The fourth-order valence-electron chi connectivity index (χ4n) is 3.29. The number of phenols is 1. The number of aromatic nitrogens is 3. The number of carbonyl (C=O) groups is 1. The highest BCUT2D eigenvalue weighted by atomic mass is 32.2. The smallest absolute Gasteiger partial charge is 0.227 e. The molecule has 1 aliphatic carbocycles. The van der Waals surface area contributed by atoms with E-state index >= 15 is 0 Å². The van der Waals surface area contributed by atoms with Crippen molar-refractivity contribution in [2.24, 2.45) is 0 Å². The quantitative estimate of drug-likeness (QED) is 0.834. The number of allylic oxidation sites excluding steroid dienone is 2. The van der Waals surface area contributed by atoms with Crippen LogP contribution in [0.2, 0.25) is 0 Å². The summed E-state index contributed by atoms with van der Waals surface area (Å²) in [5, 5.41) is 18.2. The van der Waals surface area contributed by atoms with Gasteiger partial charge in [0.15, 0.2) is 5.78 Å². The highest BCUT2D eigenvalue weighted by molar-refractivity contribution is 7.99. The Bertz CT molecular complexity index is 826. The van der Waals surface area contributed by atoms with Crippen LogP contribution in [0, 0.1) is 0 Å². The number of anilines is 1. The van der Waals surface area contributed by atoms with Crippen LogP contribution in [0.5, 0.6) is 5.75 Å². The third-order valence-electron chi connectivity index (χ3n) is 4.33. The molecule has 2 aromatic rings. The Kier molecular flexibility index (Phi) is 3.80. The van der Waals surface area contributed by atoms with E-state index in [1.54, 1.807) is 28.6 Å². The summed E-state index contributed by atoms with van der Waals surface area (Å²) < 4.78 is 1.80. The normalized spacial score (nSPS) is 19.7. The fraction of sp³-hybridized carbons (Fsp3) is 0.353. The van der Waals surface area contributed by atoms with Gasteiger partial charge in [-0.25, -0.2) is 4.68 Å². The van der Waals surface area contributed by atoms with Crippen molar-refractivity contribution in [1.82, 2.24) is 14.8 Å². The van der Waals surface area contributed by atoms with Gasteiger partial charge in [-0.2, -0.15) is 4.98 Å². The Morgan fingerprint density at radius 2 is 2.12 bits per heavy atom. The maximum Gasteiger partial charge on any atom is 0.227 e. The van der Waals surface area contributed by atoms with Gasteiger partial charge < -0.3 is 10.4 Å². The lowest BCUT2D eigenvalue weighted by Gasteiger charge is -2.32. The van der Waals surface area contributed by atoms with Gasteiger partial charge in [0.05, 0.1) is 0 Å². The van der Waals surface area contributed by atoms with Gasteiger partial charge in [-0.15, -0.1) is 5.10 Å². The molecule has 7 heteroatoms.